The molecule has 2 nitrogen and oxygen atoms in total. The van der Waals surface area contributed by atoms with Gasteiger partial charge in [-0.25, -0.2) is 4.39 Å². The average Bonchev–Trinajstić information content (AvgIpc) is 2.29. The summed E-state index contributed by atoms with van der Waals surface area (Å²) in [5, 5.41) is 3.54. The van der Waals surface area contributed by atoms with Crippen LogP contribution in [0.3, 0.4) is 0 Å². The van der Waals surface area contributed by atoms with Gasteiger partial charge < -0.3 is 10.2 Å². The molecule has 1 aromatic carbocycles. The molecule has 3 heteroatoms. The molecule has 0 bridgehead atoms. The maximum atomic E-state index is 14.0. The van der Waals surface area contributed by atoms with E-state index in [0.717, 1.165) is 31.5 Å². The molecule has 1 heterocycles. The molecule has 0 radical (unpaired) electrons. The Hall–Kier alpha value is -0.930. The van der Waals surface area contributed by atoms with Crippen molar-refractivity contribution in [2.24, 2.45) is 0 Å². The average molecular weight is 236 g/mol. The Labute approximate surface area is 103 Å². The molecule has 94 valence electrons. The molecule has 0 aliphatic carbocycles. The number of halogens is 1. The fourth-order valence-electron chi connectivity index (χ4n) is 2.81. The number of rotatable bonds is 3. The first kappa shape index (κ1) is 12.5. The van der Waals surface area contributed by atoms with E-state index in [4.69, 9.17) is 0 Å². The largest absolute Gasteiger partial charge is 0.307 e. The van der Waals surface area contributed by atoms with Gasteiger partial charge in [-0.15, -0.1) is 0 Å². The highest BCUT2D eigenvalue weighted by molar-refractivity contribution is 5.27. The molecule has 1 atom stereocenters. The molecule has 1 aliphatic heterocycles. The van der Waals surface area contributed by atoms with Crippen LogP contribution in [0.1, 0.15) is 24.8 Å². The van der Waals surface area contributed by atoms with Gasteiger partial charge in [-0.2, -0.15) is 0 Å². The van der Waals surface area contributed by atoms with E-state index in [2.05, 4.69) is 10.2 Å². The molecule has 1 saturated heterocycles. The maximum absolute atomic E-state index is 14.0. The van der Waals surface area contributed by atoms with Crippen LogP contribution in [0.4, 0.5) is 4.39 Å². The Morgan fingerprint density at radius 1 is 1.29 bits per heavy atom. The van der Waals surface area contributed by atoms with Crippen LogP contribution in [-0.2, 0) is 5.54 Å². The van der Waals surface area contributed by atoms with Gasteiger partial charge in [-0.05, 0) is 46.0 Å². The normalized spacial score (nSPS) is 25.2. The van der Waals surface area contributed by atoms with Crippen molar-refractivity contribution in [3.05, 3.63) is 35.6 Å². The molecule has 2 rings (SSSR count). The van der Waals surface area contributed by atoms with Gasteiger partial charge >= 0.3 is 0 Å². The summed E-state index contributed by atoms with van der Waals surface area (Å²) in [6.45, 7) is 1.82. The Morgan fingerprint density at radius 3 is 2.65 bits per heavy atom. The summed E-state index contributed by atoms with van der Waals surface area (Å²) in [6, 6.07) is 7.15. The van der Waals surface area contributed by atoms with E-state index in [-0.39, 0.29) is 11.4 Å². The first-order valence-corrected chi connectivity index (χ1v) is 6.29. The summed E-state index contributed by atoms with van der Waals surface area (Å²) in [6.07, 6.45) is 3.35. The third-order valence-corrected chi connectivity index (χ3v) is 3.47. The van der Waals surface area contributed by atoms with Crippen LogP contribution < -0.4 is 5.32 Å². The smallest absolute Gasteiger partial charge is 0.128 e. The maximum Gasteiger partial charge on any atom is 0.128 e. The number of likely N-dealkylation sites (N-methyl/N-ethyl adjacent to an activating group) is 1. The highest BCUT2D eigenvalue weighted by Gasteiger charge is 2.35. The lowest BCUT2D eigenvalue weighted by Crippen LogP contribution is -2.52. The summed E-state index contributed by atoms with van der Waals surface area (Å²) in [5.74, 6) is -0.0937. The van der Waals surface area contributed by atoms with E-state index in [9.17, 15) is 4.39 Å². The second kappa shape index (κ2) is 5.15. The molecule has 0 spiro atoms. The fraction of sp³-hybridized carbons (Fsp3) is 0.571. The Bertz CT molecular complexity index is 370. The molecule has 1 aromatic rings. The van der Waals surface area contributed by atoms with Gasteiger partial charge in [0.1, 0.15) is 5.82 Å². The number of piperidine rings is 1. The van der Waals surface area contributed by atoms with Gasteiger partial charge in [0.15, 0.2) is 0 Å². The zero-order valence-corrected chi connectivity index (χ0v) is 10.7. The molecular formula is C14H21FN2. The van der Waals surface area contributed by atoms with Crippen LogP contribution in [-0.4, -0.2) is 32.1 Å². The second-order valence-electron chi connectivity index (χ2n) is 5.18. The molecule has 1 fully saturated rings. The van der Waals surface area contributed by atoms with E-state index >= 15 is 0 Å². The first-order chi connectivity index (χ1) is 8.14. The standard InChI is InChI=1S/C14H21FN2/c1-17(2)11-14(9-5-6-10-16-14)12-7-3-4-8-13(12)15/h3-4,7-8,16H,5-6,9-11H2,1-2H3. The van der Waals surface area contributed by atoms with Crippen LogP contribution in [0.2, 0.25) is 0 Å². The predicted octanol–water partition coefficient (Wildman–Crippen LogP) is 2.36. The number of hydrogen-bond acceptors (Lipinski definition) is 2. The van der Waals surface area contributed by atoms with Crippen LogP contribution in [0.5, 0.6) is 0 Å². The second-order valence-corrected chi connectivity index (χ2v) is 5.18. The molecule has 0 aromatic heterocycles. The highest BCUT2D eigenvalue weighted by atomic mass is 19.1. The van der Waals surface area contributed by atoms with E-state index < -0.39 is 0 Å². The van der Waals surface area contributed by atoms with Crippen LogP contribution in [0, 0.1) is 5.82 Å². The SMILES string of the molecule is CN(C)CC1(c2ccccc2F)CCCCN1. The molecule has 1 aliphatic rings. The lowest BCUT2D eigenvalue weighted by Gasteiger charge is -2.41. The van der Waals surface area contributed by atoms with Gasteiger partial charge in [0.25, 0.3) is 0 Å². The summed E-state index contributed by atoms with van der Waals surface area (Å²) in [4.78, 5) is 2.13. The summed E-state index contributed by atoms with van der Waals surface area (Å²) in [5.41, 5.74) is 0.598. The minimum Gasteiger partial charge on any atom is -0.307 e. The fourth-order valence-corrected chi connectivity index (χ4v) is 2.81. The molecule has 1 N–H and O–H groups in total. The van der Waals surface area contributed by atoms with Gasteiger partial charge in [0.2, 0.25) is 0 Å². The molecule has 1 unspecified atom stereocenters. The zero-order valence-electron chi connectivity index (χ0n) is 10.7. The van der Waals surface area contributed by atoms with Crippen LogP contribution >= 0.6 is 0 Å². The van der Waals surface area contributed by atoms with Crippen molar-refractivity contribution in [2.75, 3.05) is 27.2 Å². The number of hydrogen-bond donors (Lipinski definition) is 1. The van der Waals surface area contributed by atoms with Gasteiger partial charge in [-0.1, -0.05) is 18.2 Å². The molecule has 17 heavy (non-hydrogen) atoms. The first-order valence-electron chi connectivity index (χ1n) is 6.29. The van der Waals surface area contributed by atoms with Crippen molar-refractivity contribution < 1.29 is 4.39 Å². The third-order valence-electron chi connectivity index (χ3n) is 3.47. The summed E-state index contributed by atoms with van der Waals surface area (Å²) < 4.78 is 14.0. The van der Waals surface area contributed by atoms with Gasteiger partial charge in [-0.3, -0.25) is 0 Å². The third kappa shape index (κ3) is 2.67. The van der Waals surface area contributed by atoms with Crippen molar-refractivity contribution in [2.45, 2.75) is 24.8 Å². The van der Waals surface area contributed by atoms with E-state index in [1.54, 1.807) is 12.1 Å². The molecule has 0 amide bonds. The van der Waals surface area contributed by atoms with Crippen molar-refractivity contribution in [1.82, 2.24) is 10.2 Å². The van der Waals surface area contributed by atoms with E-state index in [1.807, 2.05) is 26.2 Å². The van der Waals surface area contributed by atoms with Crippen molar-refractivity contribution in [3.8, 4) is 0 Å². The summed E-state index contributed by atoms with van der Waals surface area (Å²) >= 11 is 0. The number of nitrogens with one attached hydrogen (secondary N) is 1. The van der Waals surface area contributed by atoms with Crippen molar-refractivity contribution in [3.63, 3.8) is 0 Å². The predicted molar refractivity (Wildman–Crippen MR) is 68.5 cm³/mol. The number of nitrogens with zero attached hydrogens (tertiary/aromatic N) is 1. The van der Waals surface area contributed by atoms with Crippen LogP contribution in [0.15, 0.2) is 24.3 Å². The van der Waals surface area contributed by atoms with Gasteiger partial charge in [0, 0.05) is 12.1 Å². The van der Waals surface area contributed by atoms with E-state index in [0.29, 0.717) is 0 Å². The van der Waals surface area contributed by atoms with E-state index in [1.165, 1.54) is 6.42 Å². The Balaban J connectivity index is 2.35. The Kier molecular flexibility index (Phi) is 3.79. The highest BCUT2D eigenvalue weighted by Crippen LogP contribution is 2.32. The lowest BCUT2D eigenvalue weighted by atomic mass is 9.81. The molecule has 0 saturated carbocycles. The minimum absolute atomic E-state index is 0.0937. The quantitative estimate of drug-likeness (QED) is 0.866. The van der Waals surface area contributed by atoms with Gasteiger partial charge in [0.05, 0.1) is 5.54 Å². The molecular weight excluding hydrogens is 215 g/mol. The summed E-state index contributed by atoms with van der Waals surface area (Å²) in [7, 11) is 4.08. The zero-order chi connectivity index (χ0) is 12.3. The minimum atomic E-state index is -0.215. The topological polar surface area (TPSA) is 15.3 Å². The monoisotopic (exact) mass is 236 g/mol. The lowest BCUT2D eigenvalue weighted by molar-refractivity contribution is 0.185. The number of benzene rings is 1. The van der Waals surface area contributed by atoms with Crippen molar-refractivity contribution in [1.29, 1.82) is 0 Å². The van der Waals surface area contributed by atoms with Crippen LogP contribution in [0.25, 0.3) is 0 Å². The Morgan fingerprint density at radius 2 is 2.06 bits per heavy atom. The van der Waals surface area contributed by atoms with Crippen molar-refractivity contribution >= 4 is 0 Å².